The third-order valence-electron chi connectivity index (χ3n) is 3.13. The average Bonchev–Trinajstić information content (AvgIpc) is 2.35. The summed E-state index contributed by atoms with van der Waals surface area (Å²) in [7, 11) is -1.67. The van der Waals surface area contributed by atoms with E-state index in [-0.39, 0.29) is 17.5 Å². The molecular formula is C12H17Br2N3O3S. The molecule has 0 aliphatic carbocycles. The van der Waals surface area contributed by atoms with Gasteiger partial charge in [-0.05, 0) is 51.0 Å². The molecule has 118 valence electrons. The topological polar surface area (TPSA) is 84.7 Å². The van der Waals surface area contributed by atoms with Gasteiger partial charge in [0.2, 0.25) is 10.0 Å². The van der Waals surface area contributed by atoms with E-state index in [0.29, 0.717) is 27.8 Å². The molecule has 2 rings (SSSR count). The number of hydrogen-bond acceptors (Lipinski definition) is 5. The van der Waals surface area contributed by atoms with Crippen molar-refractivity contribution >= 4 is 47.6 Å². The van der Waals surface area contributed by atoms with Gasteiger partial charge in [0.25, 0.3) is 0 Å². The number of sulfonamides is 1. The highest BCUT2D eigenvalue weighted by Gasteiger charge is 2.24. The number of likely N-dealkylation sites (N-methyl/N-ethyl adjacent to an activating group) is 1. The molecule has 3 N–H and O–H groups in total. The molecule has 21 heavy (non-hydrogen) atoms. The van der Waals surface area contributed by atoms with Gasteiger partial charge in [-0.2, -0.15) is 0 Å². The van der Waals surface area contributed by atoms with Crippen molar-refractivity contribution in [1.29, 1.82) is 0 Å². The van der Waals surface area contributed by atoms with Crippen molar-refractivity contribution < 1.29 is 13.2 Å². The number of nitrogen functional groups attached to an aromatic ring is 1. The summed E-state index contributed by atoms with van der Waals surface area (Å²) in [4.78, 5) is 2.25. The molecule has 6 nitrogen and oxygen atoms in total. The molecule has 1 aromatic carbocycles. The summed E-state index contributed by atoms with van der Waals surface area (Å²) in [5.41, 5.74) is 6.15. The predicted octanol–water partition coefficient (Wildman–Crippen LogP) is 1.40. The molecule has 1 aliphatic heterocycles. The number of benzene rings is 1. The van der Waals surface area contributed by atoms with E-state index >= 15 is 0 Å². The normalized spacial score (nSPS) is 20.6. The van der Waals surface area contributed by atoms with Crippen molar-refractivity contribution in [3.8, 4) is 0 Å². The van der Waals surface area contributed by atoms with Crippen molar-refractivity contribution in [2.75, 3.05) is 39.0 Å². The summed E-state index contributed by atoms with van der Waals surface area (Å²) in [6, 6.07) is 3.12. The van der Waals surface area contributed by atoms with Gasteiger partial charge < -0.3 is 15.4 Å². The van der Waals surface area contributed by atoms with E-state index in [9.17, 15) is 8.42 Å². The number of ether oxygens (including phenoxy) is 1. The molecule has 0 radical (unpaired) electrons. The van der Waals surface area contributed by atoms with Gasteiger partial charge in [0.05, 0.1) is 12.7 Å². The van der Waals surface area contributed by atoms with Crippen molar-refractivity contribution in [1.82, 2.24) is 9.62 Å². The Morgan fingerprint density at radius 1 is 1.43 bits per heavy atom. The van der Waals surface area contributed by atoms with Crippen LogP contribution >= 0.6 is 31.9 Å². The van der Waals surface area contributed by atoms with E-state index in [4.69, 9.17) is 10.5 Å². The summed E-state index contributed by atoms with van der Waals surface area (Å²) in [5.74, 6) is 0. The average molecular weight is 443 g/mol. The molecule has 1 atom stereocenters. The van der Waals surface area contributed by atoms with Crippen LogP contribution in [0.1, 0.15) is 0 Å². The molecule has 0 saturated carbocycles. The lowest BCUT2D eigenvalue weighted by molar-refractivity contribution is -0.0156. The number of rotatable bonds is 4. The lowest BCUT2D eigenvalue weighted by Crippen LogP contribution is -2.45. The number of halogens is 2. The summed E-state index contributed by atoms with van der Waals surface area (Å²) in [5, 5.41) is 0. The number of hydrogen-bond donors (Lipinski definition) is 2. The number of anilines is 1. The van der Waals surface area contributed by atoms with E-state index < -0.39 is 10.0 Å². The van der Waals surface area contributed by atoms with E-state index in [1.54, 1.807) is 12.1 Å². The summed E-state index contributed by atoms with van der Waals surface area (Å²) >= 11 is 6.48. The largest absolute Gasteiger partial charge is 0.399 e. The van der Waals surface area contributed by atoms with Crippen LogP contribution in [0.25, 0.3) is 0 Å². The van der Waals surface area contributed by atoms with Gasteiger partial charge in [0, 0.05) is 34.3 Å². The minimum atomic E-state index is -3.65. The maximum atomic E-state index is 12.4. The fraction of sp³-hybridized carbons (Fsp3) is 0.500. The maximum Gasteiger partial charge on any atom is 0.242 e. The van der Waals surface area contributed by atoms with Crippen LogP contribution in [0.2, 0.25) is 0 Å². The molecule has 0 aromatic heterocycles. The maximum absolute atomic E-state index is 12.4. The highest BCUT2D eigenvalue weighted by Crippen LogP contribution is 2.32. The standard InChI is InChI=1S/C12H17Br2N3O3S/c1-17-2-3-20-9(7-17)6-16-21(18,19)12-10(13)4-8(15)5-11(12)14/h4-5,9,16H,2-3,6-7,15H2,1H3. The van der Waals surface area contributed by atoms with Gasteiger partial charge in [-0.1, -0.05) is 0 Å². The molecule has 1 unspecified atom stereocenters. The van der Waals surface area contributed by atoms with Crippen molar-refractivity contribution in [3.05, 3.63) is 21.1 Å². The monoisotopic (exact) mass is 441 g/mol. The zero-order valence-corrected chi connectivity index (χ0v) is 15.5. The van der Waals surface area contributed by atoms with Gasteiger partial charge in [-0.25, -0.2) is 13.1 Å². The van der Waals surface area contributed by atoms with Gasteiger partial charge in [-0.3, -0.25) is 0 Å². The second-order valence-corrected chi connectivity index (χ2v) is 8.33. The Balaban J connectivity index is 2.12. The van der Waals surface area contributed by atoms with Gasteiger partial charge in [0.1, 0.15) is 4.90 Å². The zero-order valence-electron chi connectivity index (χ0n) is 11.5. The van der Waals surface area contributed by atoms with E-state index in [2.05, 4.69) is 41.5 Å². The Labute approximate surface area is 141 Å². The lowest BCUT2D eigenvalue weighted by atomic mass is 10.3. The number of nitrogens with two attached hydrogens (primary N) is 1. The van der Waals surface area contributed by atoms with Crippen LogP contribution in [0.15, 0.2) is 26.0 Å². The molecule has 1 aliphatic rings. The van der Waals surface area contributed by atoms with E-state index in [0.717, 1.165) is 6.54 Å². The Morgan fingerprint density at radius 3 is 2.62 bits per heavy atom. The fourth-order valence-corrected chi connectivity index (χ4v) is 5.78. The number of nitrogens with zero attached hydrogens (tertiary/aromatic N) is 1. The SMILES string of the molecule is CN1CCOC(CNS(=O)(=O)c2c(Br)cc(N)cc2Br)C1. The first-order valence-corrected chi connectivity index (χ1v) is 9.41. The van der Waals surface area contributed by atoms with Crippen LogP contribution < -0.4 is 10.5 Å². The highest BCUT2D eigenvalue weighted by atomic mass is 79.9. The molecule has 1 saturated heterocycles. The zero-order chi connectivity index (χ0) is 15.6. The first kappa shape index (κ1) is 17.2. The smallest absolute Gasteiger partial charge is 0.242 e. The Morgan fingerprint density at radius 2 is 2.05 bits per heavy atom. The van der Waals surface area contributed by atoms with Gasteiger partial charge >= 0.3 is 0 Å². The number of morpholine rings is 1. The van der Waals surface area contributed by atoms with Crippen LogP contribution in [0, 0.1) is 0 Å². The molecule has 0 bridgehead atoms. The second-order valence-electron chi connectivity index (χ2n) is 4.92. The fourth-order valence-electron chi connectivity index (χ4n) is 2.10. The molecular weight excluding hydrogens is 426 g/mol. The molecule has 9 heteroatoms. The molecule has 0 spiro atoms. The van der Waals surface area contributed by atoms with Crippen LogP contribution in [0.3, 0.4) is 0 Å². The molecule has 1 aromatic rings. The molecule has 1 fully saturated rings. The van der Waals surface area contributed by atoms with Gasteiger partial charge in [0.15, 0.2) is 0 Å². The van der Waals surface area contributed by atoms with Crippen molar-refractivity contribution in [2.24, 2.45) is 0 Å². The third-order valence-corrected chi connectivity index (χ3v) is 6.43. The van der Waals surface area contributed by atoms with Crippen molar-refractivity contribution in [3.63, 3.8) is 0 Å². The van der Waals surface area contributed by atoms with Crippen molar-refractivity contribution in [2.45, 2.75) is 11.0 Å². The summed E-state index contributed by atoms with van der Waals surface area (Å²) in [6.07, 6.45) is -0.148. The first-order chi connectivity index (χ1) is 9.79. The van der Waals surface area contributed by atoms with Crippen LogP contribution in [0.4, 0.5) is 5.69 Å². The Kier molecular flexibility index (Phi) is 5.66. The van der Waals surface area contributed by atoms with Crippen LogP contribution in [-0.2, 0) is 14.8 Å². The minimum absolute atomic E-state index is 0.140. The van der Waals surface area contributed by atoms with E-state index in [1.807, 2.05) is 7.05 Å². The highest BCUT2D eigenvalue weighted by molar-refractivity contribution is 9.11. The first-order valence-electron chi connectivity index (χ1n) is 6.34. The second kappa shape index (κ2) is 6.93. The molecule has 1 heterocycles. The third kappa shape index (κ3) is 4.40. The quantitative estimate of drug-likeness (QED) is 0.688. The van der Waals surface area contributed by atoms with Crippen LogP contribution in [0.5, 0.6) is 0 Å². The number of nitrogens with one attached hydrogen (secondary N) is 1. The minimum Gasteiger partial charge on any atom is -0.399 e. The summed E-state index contributed by atoms with van der Waals surface area (Å²) in [6.45, 7) is 2.40. The predicted molar refractivity (Wildman–Crippen MR) is 88.7 cm³/mol. The summed E-state index contributed by atoms with van der Waals surface area (Å²) < 4.78 is 33.8. The molecule has 0 amide bonds. The van der Waals surface area contributed by atoms with Gasteiger partial charge in [-0.15, -0.1) is 0 Å². The van der Waals surface area contributed by atoms with E-state index in [1.165, 1.54) is 0 Å². The Hall–Kier alpha value is -0.190. The lowest BCUT2D eigenvalue weighted by Gasteiger charge is -2.30. The van der Waals surface area contributed by atoms with Crippen LogP contribution in [-0.4, -0.2) is 52.7 Å². The Bertz CT molecular complexity index is 601.